The van der Waals surface area contributed by atoms with Gasteiger partial charge in [-0.05, 0) is 30.6 Å². The molecule has 0 amide bonds. The number of nitrogens with one attached hydrogen (secondary N) is 1. The van der Waals surface area contributed by atoms with Gasteiger partial charge in [-0.25, -0.2) is 4.99 Å². The van der Waals surface area contributed by atoms with Crippen molar-refractivity contribution in [3.05, 3.63) is 35.4 Å². The minimum atomic E-state index is 0. The first kappa shape index (κ1) is 21.2. The van der Waals surface area contributed by atoms with E-state index in [1.54, 1.807) is 0 Å². The van der Waals surface area contributed by atoms with Crippen LogP contribution in [-0.4, -0.2) is 30.5 Å². The molecule has 0 saturated carbocycles. The fraction of sp³-hybridized carbons (Fsp3) is 0.588. The highest BCUT2D eigenvalue weighted by Gasteiger charge is 2.02. The van der Waals surface area contributed by atoms with Crippen LogP contribution in [0.15, 0.2) is 29.3 Å². The van der Waals surface area contributed by atoms with Gasteiger partial charge in [0, 0.05) is 13.1 Å². The summed E-state index contributed by atoms with van der Waals surface area (Å²) in [5.74, 6) is 0.539. The third-order valence-corrected chi connectivity index (χ3v) is 3.56. The van der Waals surface area contributed by atoms with Gasteiger partial charge in [0.2, 0.25) is 0 Å². The molecule has 0 radical (unpaired) electrons. The molecule has 3 N–H and O–H groups in total. The number of unbranched alkanes of at least 4 members (excludes halogenated alkanes) is 1. The average molecular weight is 418 g/mol. The highest BCUT2D eigenvalue weighted by atomic mass is 127. The highest BCUT2D eigenvalue weighted by Crippen LogP contribution is 2.09. The number of rotatable bonds is 9. The van der Waals surface area contributed by atoms with Gasteiger partial charge in [0.1, 0.15) is 0 Å². The number of halogens is 1. The number of nitrogens with two attached hydrogens (primary N) is 1. The minimum Gasteiger partial charge on any atom is -0.370 e. The summed E-state index contributed by atoms with van der Waals surface area (Å²) in [5, 5.41) is 3.14. The van der Waals surface area contributed by atoms with Crippen LogP contribution in [-0.2, 0) is 13.1 Å². The van der Waals surface area contributed by atoms with Crippen molar-refractivity contribution in [3.8, 4) is 0 Å². The van der Waals surface area contributed by atoms with Crippen molar-refractivity contribution in [2.45, 2.75) is 46.7 Å². The van der Waals surface area contributed by atoms with Gasteiger partial charge in [-0.1, -0.05) is 51.5 Å². The Bertz CT molecular complexity index is 430. The van der Waals surface area contributed by atoms with Crippen LogP contribution in [0.4, 0.5) is 0 Å². The maximum absolute atomic E-state index is 5.85. The number of hydrogen-bond donors (Lipinski definition) is 2. The number of nitrogens with zero attached hydrogens (tertiary/aromatic N) is 2. The second kappa shape index (κ2) is 12.7. The summed E-state index contributed by atoms with van der Waals surface area (Å²) in [4.78, 5) is 6.80. The van der Waals surface area contributed by atoms with Gasteiger partial charge in [0.25, 0.3) is 0 Å². The molecule has 0 aliphatic rings. The van der Waals surface area contributed by atoms with E-state index < -0.39 is 0 Å². The Hall–Kier alpha value is -0.820. The molecule has 0 bridgehead atoms. The van der Waals surface area contributed by atoms with Crippen molar-refractivity contribution in [2.75, 3.05) is 19.6 Å². The molecule has 0 aliphatic heterocycles. The maximum Gasteiger partial charge on any atom is 0.188 e. The molecule has 1 rings (SSSR count). The van der Waals surface area contributed by atoms with E-state index in [0.29, 0.717) is 12.5 Å². The molecule has 1 aromatic rings. The molecular weight excluding hydrogens is 387 g/mol. The molecule has 0 fully saturated rings. The zero-order valence-corrected chi connectivity index (χ0v) is 16.5. The molecule has 0 saturated heterocycles. The van der Waals surface area contributed by atoms with Gasteiger partial charge in [0.15, 0.2) is 5.96 Å². The predicted molar refractivity (Wildman–Crippen MR) is 107 cm³/mol. The molecular formula is C17H31IN4. The van der Waals surface area contributed by atoms with E-state index in [9.17, 15) is 0 Å². The Balaban J connectivity index is 0.00000441. The van der Waals surface area contributed by atoms with Gasteiger partial charge in [-0.3, -0.25) is 4.90 Å². The lowest BCUT2D eigenvalue weighted by Gasteiger charge is -2.18. The molecule has 0 aromatic heterocycles. The molecule has 5 heteroatoms. The lowest BCUT2D eigenvalue weighted by molar-refractivity contribution is 0.296. The Morgan fingerprint density at radius 2 is 1.86 bits per heavy atom. The average Bonchev–Trinajstić information content (AvgIpc) is 2.51. The SMILES string of the molecule is CCCCNC(N)=NCc1cccc(CN(CC)CC)c1.I. The largest absolute Gasteiger partial charge is 0.370 e. The first-order valence-electron chi connectivity index (χ1n) is 8.03. The van der Waals surface area contributed by atoms with Crippen LogP contribution in [0.1, 0.15) is 44.7 Å². The quantitative estimate of drug-likeness (QED) is 0.280. The lowest BCUT2D eigenvalue weighted by Crippen LogP contribution is -2.32. The molecule has 0 atom stereocenters. The summed E-state index contributed by atoms with van der Waals surface area (Å²) in [6.45, 7) is 11.2. The van der Waals surface area contributed by atoms with Crippen molar-refractivity contribution < 1.29 is 0 Å². The van der Waals surface area contributed by atoms with Gasteiger partial charge < -0.3 is 11.1 Å². The van der Waals surface area contributed by atoms with Crippen LogP contribution in [0.5, 0.6) is 0 Å². The number of aliphatic imine (C=N–C) groups is 1. The van der Waals surface area contributed by atoms with E-state index in [1.165, 1.54) is 11.1 Å². The lowest BCUT2D eigenvalue weighted by atomic mass is 10.1. The van der Waals surface area contributed by atoms with Gasteiger partial charge in [-0.2, -0.15) is 0 Å². The molecule has 0 spiro atoms. The van der Waals surface area contributed by atoms with Gasteiger partial charge in [-0.15, -0.1) is 24.0 Å². The van der Waals surface area contributed by atoms with Gasteiger partial charge >= 0.3 is 0 Å². The van der Waals surface area contributed by atoms with E-state index >= 15 is 0 Å². The van der Waals surface area contributed by atoms with E-state index in [1.807, 2.05) is 0 Å². The van der Waals surface area contributed by atoms with Crippen LogP contribution < -0.4 is 11.1 Å². The van der Waals surface area contributed by atoms with E-state index in [-0.39, 0.29) is 24.0 Å². The number of guanidine groups is 1. The molecule has 1 aromatic carbocycles. The Morgan fingerprint density at radius 1 is 1.18 bits per heavy atom. The fourth-order valence-corrected chi connectivity index (χ4v) is 2.16. The minimum absolute atomic E-state index is 0. The van der Waals surface area contributed by atoms with Crippen molar-refractivity contribution in [1.29, 1.82) is 0 Å². The first-order valence-corrected chi connectivity index (χ1v) is 8.03. The third-order valence-electron chi connectivity index (χ3n) is 3.56. The van der Waals surface area contributed by atoms with E-state index in [4.69, 9.17) is 5.73 Å². The Morgan fingerprint density at radius 3 is 2.50 bits per heavy atom. The zero-order chi connectivity index (χ0) is 15.5. The number of benzene rings is 1. The third kappa shape index (κ3) is 8.58. The summed E-state index contributed by atoms with van der Waals surface area (Å²) >= 11 is 0. The van der Waals surface area contributed by atoms with Crippen molar-refractivity contribution in [3.63, 3.8) is 0 Å². The zero-order valence-electron chi connectivity index (χ0n) is 14.1. The van der Waals surface area contributed by atoms with E-state index in [2.05, 4.69) is 60.2 Å². The standard InChI is InChI=1S/C17H30N4.HI/c1-4-7-11-19-17(18)20-13-15-9-8-10-16(12-15)14-21(5-2)6-3;/h8-10,12H,4-7,11,13-14H2,1-3H3,(H3,18,19,20);1H. The summed E-state index contributed by atoms with van der Waals surface area (Å²) in [5.41, 5.74) is 8.40. The fourth-order valence-electron chi connectivity index (χ4n) is 2.16. The normalized spacial score (nSPS) is 11.4. The monoisotopic (exact) mass is 418 g/mol. The van der Waals surface area contributed by atoms with Crippen LogP contribution in [0.2, 0.25) is 0 Å². The predicted octanol–water partition coefficient (Wildman–Crippen LogP) is 3.35. The maximum atomic E-state index is 5.85. The highest BCUT2D eigenvalue weighted by molar-refractivity contribution is 14.0. The summed E-state index contributed by atoms with van der Waals surface area (Å²) < 4.78 is 0. The van der Waals surface area contributed by atoms with Crippen LogP contribution in [0, 0.1) is 0 Å². The smallest absolute Gasteiger partial charge is 0.188 e. The van der Waals surface area contributed by atoms with Crippen LogP contribution >= 0.6 is 24.0 Å². The Labute approximate surface area is 152 Å². The summed E-state index contributed by atoms with van der Waals surface area (Å²) in [6.07, 6.45) is 2.28. The van der Waals surface area contributed by atoms with Crippen LogP contribution in [0.3, 0.4) is 0 Å². The van der Waals surface area contributed by atoms with Crippen molar-refractivity contribution in [2.24, 2.45) is 10.7 Å². The van der Waals surface area contributed by atoms with E-state index in [0.717, 1.165) is 39.0 Å². The van der Waals surface area contributed by atoms with Crippen molar-refractivity contribution in [1.82, 2.24) is 10.2 Å². The second-order valence-corrected chi connectivity index (χ2v) is 5.26. The topological polar surface area (TPSA) is 53.6 Å². The molecule has 126 valence electrons. The Kier molecular flexibility index (Phi) is 12.2. The van der Waals surface area contributed by atoms with Gasteiger partial charge in [0.05, 0.1) is 6.54 Å². The summed E-state index contributed by atoms with van der Waals surface area (Å²) in [7, 11) is 0. The molecule has 4 nitrogen and oxygen atoms in total. The van der Waals surface area contributed by atoms with Crippen LogP contribution in [0.25, 0.3) is 0 Å². The molecule has 0 heterocycles. The number of hydrogen-bond acceptors (Lipinski definition) is 2. The molecule has 0 unspecified atom stereocenters. The first-order chi connectivity index (χ1) is 10.2. The molecule has 22 heavy (non-hydrogen) atoms. The summed E-state index contributed by atoms with van der Waals surface area (Å²) in [6, 6.07) is 8.61. The van der Waals surface area contributed by atoms with Crippen molar-refractivity contribution >= 4 is 29.9 Å². The molecule has 0 aliphatic carbocycles. The second-order valence-electron chi connectivity index (χ2n) is 5.26.